The summed E-state index contributed by atoms with van der Waals surface area (Å²) in [5.74, 6) is 1.92. The van der Waals surface area contributed by atoms with Crippen LogP contribution < -0.4 is 10.1 Å². The normalized spacial score (nSPS) is 14.6. The van der Waals surface area contributed by atoms with Gasteiger partial charge in [0.2, 0.25) is 17.5 Å². The van der Waals surface area contributed by atoms with Gasteiger partial charge in [0, 0.05) is 35.8 Å². The molecule has 5 rings (SSSR count). The minimum atomic E-state index is 0.0970. The van der Waals surface area contributed by atoms with E-state index in [4.69, 9.17) is 25.5 Å². The van der Waals surface area contributed by atoms with E-state index in [1.165, 1.54) is 11.1 Å². The fourth-order valence-electron chi connectivity index (χ4n) is 4.75. The van der Waals surface area contributed by atoms with Gasteiger partial charge in [-0.25, -0.2) is 0 Å². The molecular formula is C32H33ClN4O3. The molecule has 0 spiro atoms. The summed E-state index contributed by atoms with van der Waals surface area (Å²) in [6.45, 7) is 8.42. The lowest BCUT2D eigenvalue weighted by Crippen LogP contribution is -2.41. The third-order valence-electron chi connectivity index (χ3n) is 7.12. The number of nitrogens with one attached hydrogen (secondary N) is 1. The van der Waals surface area contributed by atoms with Crippen molar-refractivity contribution in [3.05, 3.63) is 100 Å². The lowest BCUT2D eigenvalue weighted by Gasteiger charge is -2.35. The van der Waals surface area contributed by atoms with Gasteiger partial charge in [-0.05, 0) is 47.4 Å². The number of rotatable bonds is 10. The SMILES string of the molecule is CC(C)c1ccc([C@@H](CNc2oc(-c3ccc(OCc4ccccc4Cl)cc3)nc2C#N)N2CCOCC2)cc1. The molecule has 1 atom stereocenters. The molecule has 0 unspecified atom stereocenters. The summed E-state index contributed by atoms with van der Waals surface area (Å²) in [6, 6.07) is 26.1. The number of halogens is 1. The Morgan fingerprint density at radius 2 is 1.70 bits per heavy atom. The number of oxazole rings is 1. The molecule has 206 valence electrons. The third-order valence-corrected chi connectivity index (χ3v) is 7.49. The first-order valence-electron chi connectivity index (χ1n) is 13.5. The molecule has 0 bridgehead atoms. The molecule has 3 aromatic carbocycles. The number of aromatic nitrogens is 1. The van der Waals surface area contributed by atoms with Crippen LogP contribution in [-0.4, -0.2) is 42.7 Å². The maximum absolute atomic E-state index is 9.77. The molecule has 8 heteroatoms. The van der Waals surface area contributed by atoms with Crippen LogP contribution in [0.2, 0.25) is 5.02 Å². The van der Waals surface area contributed by atoms with Crippen LogP contribution in [0.4, 0.5) is 5.88 Å². The van der Waals surface area contributed by atoms with Gasteiger partial charge in [0.25, 0.3) is 0 Å². The molecule has 0 radical (unpaired) electrons. The van der Waals surface area contributed by atoms with E-state index in [1.807, 2.05) is 48.5 Å². The van der Waals surface area contributed by atoms with Gasteiger partial charge in [0.05, 0.1) is 19.3 Å². The predicted molar refractivity (Wildman–Crippen MR) is 157 cm³/mol. The van der Waals surface area contributed by atoms with Gasteiger partial charge in [0.1, 0.15) is 18.4 Å². The second-order valence-electron chi connectivity index (χ2n) is 10.1. The van der Waals surface area contributed by atoms with Gasteiger partial charge in [-0.15, -0.1) is 0 Å². The van der Waals surface area contributed by atoms with E-state index >= 15 is 0 Å². The summed E-state index contributed by atoms with van der Waals surface area (Å²) < 4.78 is 17.5. The molecule has 0 amide bonds. The van der Waals surface area contributed by atoms with Crippen molar-refractivity contribution in [2.75, 3.05) is 38.2 Å². The Kier molecular flexibility index (Phi) is 9.02. The average molecular weight is 557 g/mol. The van der Waals surface area contributed by atoms with Gasteiger partial charge in [0.15, 0.2) is 0 Å². The van der Waals surface area contributed by atoms with E-state index in [0.717, 1.165) is 24.2 Å². The van der Waals surface area contributed by atoms with Crippen LogP contribution in [0.25, 0.3) is 11.5 Å². The summed E-state index contributed by atoms with van der Waals surface area (Å²) in [5, 5.41) is 13.8. The van der Waals surface area contributed by atoms with Crippen molar-refractivity contribution in [2.24, 2.45) is 0 Å². The van der Waals surface area contributed by atoms with Crippen LogP contribution >= 0.6 is 11.6 Å². The van der Waals surface area contributed by atoms with E-state index in [-0.39, 0.29) is 11.7 Å². The maximum Gasteiger partial charge on any atom is 0.232 e. The number of nitrogens with zero attached hydrogens (tertiary/aromatic N) is 3. The summed E-state index contributed by atoms with van der Waals surface area (Å²) in [7, 11) is 0. The zero-order valence-corrected chi connectivity index (χ0v) is 23.5. The van der Waals surface area contributed by atoms with E-state index < -0.39 is 0 Å². The monoisotopic (exact) mass is 556 g/mol. The van der Waals surface area contributed by atoms with Crippen LogP contribution in [-0.2, 0) is 11.3 Å². The van der Waals surface area contributed by atoms with Crippen LogP contribution in [0.15, 0.2) is 77.2 Å². The van der Waals surface area contributed by atoms with E-state index in [9.17, 15) is 5.26 Å². The number of ether oxygens (including phenoxy) is 2. The molecule has 1 N–H and O–H groups in total. The van der Waals surface area contributed by atoms with Crippen LogP contribution in [0.5, 0.6) is 5.75 Å². The molecule has 1 aliphatic heterocycles. The summed E-state index contributed by atoms with van der Waals surface area (Å²) >= 11 is 6.23. The summed E-state index contributed by atoms with van der Waals surface area (Å²) in [5.41, 5.74) is 4.42. The molecule has 4 aromatic rings. The van der Waals surface area contributed by atoms with E-state index in [1.54, 1.807) is 0 Å². The Morgan fingerprint density at radius 1 is 1.00 bits per heavy atom. The predicted octanol–water partition coefficient (Wildman–Crippen LogP) is 7.05. The fourth-order valence-corrected chi connectivity index (χ4v) is 4.94. The van der Waals surface area contributed by atoms with Gasteiger partial charge in [-0.3, -0.25) is 4.90 Å². The van der Waals surface area contributed by atoms with E-state index in [0.29, 0.717) is 54.8 Å². The standard InChI is InChI=1S/C32H33ClN4O3/c1-22(2)23-7-9-24(10-8-23)30(37-15-17-38-18-16-37)20-35-32-29(19-34)36-31(40-32)25-11-13-27(14-12-25)39-21-26-5-3-4-6-28(26)33/h3-14,22,30,35H,15-18,20-21H2,1-2H3/t30-/m1/s1. The first kappa shape index (κ1) is 27.7. The highest BCUT2D eigenvalue weighted by atomic mass is 35.5. The lowest BCUT2D eigenvalue weighted by atomic mass is 9.98. The number of hydrogen-bond donors (Lipinski definition) is 1. The Labute approximate surface area is 240 Å². The van der Waals surface area contributed by atoms with Crippen molar-refractivity contribution in [3.8, 4) is 23.3 Å². The topological polar surface area (TPSA) is 83.6 Å². The maximum atomic E-state index is 9.77. The first-order valence-corrected chi connectivity index (χ1v) is 13.9. The molecule has 1 aliphatic rings. The number of anilines is 1. The molecule has 7 nitrogen and oxygen atoms in total. The zero-order chi connectivity index (χ0) is 27.9. The summed E-state index contributed by atoms with van der Waals surface area (Å²) in [6.07, 6.45) is 0. The van der Waals surface area contributed by atoms with Crippen molar-refractivity contribution in [1.82, 2.24) is 9.88 Å². The number of nitriles is 1. The lowest BCUT2D eigenvalue weighted by molar-refractivity contribution is 0.0186. The van der Waals surface area contributed by atoms with Gasteiger partial charge < -0.3 is 19.2 Å². The molecular weight excluding hydrogens is 524 g/mol. The van der Waals surface area contributed by atoms with Crippen LogP contribution in [0.3, 0.4) is 0 Å². The van der Waals surface area contributed by atoms with Crippen molar-refractivity contribution in [3.63, 3.8) is 0 Å². The smallest absolute Gasteiger partial charge is 0.232 e. The highest BCUT2D eigenvalue weighted by molar-refractivity contribution is 6.31. The van der Waals surface area contributed by atoms with Crippen molar-refractivity contribution in [2.45, 2.75) is 32.4 Å². The zero-order valence-electron chi connectivity index (χ0n) is 22.8. The largest absolute Gasteiger partial charge is 0.489 e. The fraction of sp³-hybridized carbons (Fsp3) is 0.312. The van der Waals surface area contributed by atoms with E-state index in [2.05, 4.69) is 59.4 Å². The molecule has 0 saturated carbocycles. The highest BCUT2D eigenvalue weighted by Crippen LogP contribution is 2.30. The number of morpholine rings is 1. The Hall–Kier alpha value is -3.83. The number of hydrogen-bond acceptors (Lipinski definition) is 7. The second kappa shape index (κ2) is 13.0. The van der Waals surface area contributed by atoms with Crippen molar-refractivity contribution >= 4 is 17.5 Å². The quantitative estimate of drug-likeness (QED) is 0.224. The minimum Gasteiger partial charge on any atom is -0.489 e. The molecule has 1 fully saturated rings. The van der Waals surface area contributed by atoms with Gasteiger partial charge >= 0.3 is 0 Å². The Balaban J connectivity index is 1.29. The third kappa shape index (κ3) is 6.65. The highest BCUT2D eigenvalue weighted by Gasteiger charge is 2.24. The average Bonchev–Trinajstić information content (AvgIpc) is 3.41. The first-order chi connectivity index (χ1) is 19.5. The van der Waals surface area contributed by atoms with Gasteiger partial charge in [-0.1, -0.05) is 67.9 Å². The summed E-state index contributed by atoms with van der Waals surface area (Å²) in [4.78, 5) is 6.85. The van der Waals surface area contributed by atoms with Crippen molar-refractivity contribution < 1.29 is 13.9 Å². The molecule has 40 heavy (non-hydrogen) atoms. The molecule has 2 heterocycles. The van der Waals surface area contributed by atoms with Crippen LogP contribution in [0, 0.1) is 11.3 Å². The molecule has 1 aromatic heterocycles. The minimum absolute atomic E-state index is 0.0970. The van der Waals surface area contributed by atoms with Gasteiger partial charge in [-0.2, -0.15) is 10.2 Å². The second-order valence-corrected chi connectivity index (χ2v) is 10.5. The Bertz CT molecular complexity index is 1440. The van der Waals surface area contributed by atoms with Crippen LogP contribution in [0.1, 0.15) is 48.2 Å². The number of benzene rings is 3. The molecule has 1 saturated heterocycles. The Morgan fingerprint density at radius 3 is 2.38 bits per heavy atom. The van der Waals surface area contributed by atoms with Crippen molar-refractivity contribution in [1.29, 1.82) is 5.26 Å². The molecule has 0 aliphatic carbocycles.